The van der Waals surface area contributed by atoms with Crippen LogP contribution in [0.25, 0.3) is 0 Å². The van der Waals surface area contributed by atoms with E-state index in [0.717, 1.165) is 44.5 Å². The molecule has 0 aliphatic carbocycles. The Balaban J connectivity index is 1.42. The third-order valence-corrected chi connectivity index (χ3v) is 6.65. The first-order chi connectivity index (χ1) is 14.5. The topological polar surface area (TPSA) is 81.8 Å². The SMILES string of the molecule is O=C1N[C@]2(CCC(=O)N(CC(=O)N3CCCCCCC3)CC2)Nc2ccc(Cl)cc21. The zero-order chi connectivity index (χ0) is 21.1. The van der Waals surface area contributed by atoms with E-state index in [1.54, 1.807) is 23.1 Å². The molecule has 3 amide bonds. The Morgan fingerprint density at radius 3 is 2.50 bits per heavy atom. The summed E-state index contributed by atoms with van der Waals surface area (Å²) in [5, 5.41) is 6.97. The lowest BCUT2D eigenvalue weighted by Gasteiger charge is -2.40. The van der Waals surface area contributed by atoms with E-state index < -0.39 is 5.66 Å². The minimum Gasteiger partial charge on any atom is -0.362 e. The van der Waals surface area contributed by atoms with Crippen molar-refractivity contribution in [1.29, 1.82) is 0 Å². The molecule has 0 saturated carbocycles. The number of anilines is 1. The van der Waals surface area contributed by atoms with Crippen molar-refractivity contribution >= 4 is 35.0 Å². The summed E-state index contributed by atoms with van der Waals surface area (Å²) in [6, 6.07) is 5.19. The van der Waals surface area contributed by atoms with E-state index in [4.69, 9.17) is 11.6 Å². The maximum Gasteiger partial charge on any atom is 0.255 e. The van der Waals surface area contributed by atoms with Crippen molar-refractivity contribution in [1.82, 2.24) is 15.1 Å². The predicted molar refractivity (Wildman–Crippen MR) is 115 cm³/mol. The van der Waals surface area contributed by atoms with Gasteiger partial charge in [0.15, 0.2) is 0 Å². The summed E-state index contributed by atoms with van der Waals surface area (Å²) in [5.41, 5.74) is 0.542. The highest BCUT2D eigenvalue weighted by atomic mass is 35.5. The smallest absolute Gasteiger partial charge is 0.255 e. The van der Waals surface area contributed by atoms with Gasteiger partial charge in [-0.15, -0.1) is 0 Å². The third-order valence-electron chi connectivity index (χ3n) is 6.41. The maximum absolute atomic E-state index is 12.8. The average molecular weight is 433 g/mol. The first-order valence-electron chi connectivity index (χ1n) is 10.9. The highest BCUT2D eigenvalue weighted by Gasteiger charge is 2.40. The molecule has 0 bridgehead atoms. The van der Waals surface area contributed by atoms with Gasteiger partial charge in [-0.2, -0.15) is 0 Å². The van der Waals surface area contributed by atoms with Crippen LogP contribution in [-0.2, 0) is 9.59 Å². The number of hydrogen-bond acceptors (Lipinski definition) is 4. The standard InChI is InChI=1S/C22H29ClN4O3/c23-16-6-7-18-17(14-16)21(30)25-22(24-18)9-8-19(28)27(13-10-22)15-20(29)26-11-4-2-1-3-5-12-26/h6-7,14,24H,1-5,8-13,15H2,(H,25,30)/t22-/m0/s1. The van der Waals surface area contributed by atoms with Gasteiger partial charge in [-0.3, -0.25) is 14.4 Å². The Morgan fingerprint density at radius 2 is 1.73 bits per heavy atom. The van der Waals surface area contributed by atoms with Crippen LogP contribution in [0.3, 0.4) is 0 Å². The third kappa shape index (κ3) is 4.56. The number of amides is 3. The molecule has 162 valence electrons. The molecular weight excluding hydrogens is 404 g/mol. The molecule has 1 atom stereocenters. The van der Waals surface area contributed by atoms with Crippen LogP contribution in [0.2, 0.25) is 5.02 Å². The van der Waals surface area contributed by atoms with Crippen LogP contribution < -0.4 is 10.6 Å². The number of nitrogens with zero attached hydrogens (tertiary/aromatic N) is 2. The van der Waals surface area contributed by atoms with E-state index in [1.165, 1.54) is 6.42 Å². The normalized spacial score (nSPS) is 25.0. The Kier molecular flexibility index (Phi) is 6.18. The second kappa shape index (κ2) is 8.84. The molecule has 1 spiro atoms. The second-order valence-electron chi connectivity index (χ2n) is 8.56. The van der Waals surface area contributed by atoms with E-state index in [0.29, 0.717) is 30.0 Å². The quantitative estimate of drug-likeness (QED) is 0.752. The second-order valence-corrected chi connectivity index (χ2v) is 9.00. The van der Waals surface area contributed by atoms with Crippen molar-refractivity contribution in [2.24, 2.45) is 0 Å². The number of fused-ring (bicyclic) bond motifs is 1. The molecule has 2 fully saturated rings. The van der Waals surface area contributed by atoms with Crippen molar-refractivity contribution < 1.29 is 14.4 Å². The molecule has 1 aromatic rings. The number of hydrogen-bond donors (Lipinski definition) is 2. The van der Waals surface area contributed by atoms with Gasteiger partial charge in [0, 0.05) is 43.2 Å². The number of carbonyl (C=O) groups excluding carboxylic acids is 3. The highest BCUT2D eigenvalue weighted by Crippen LogP contribution is 2.33. The van der Waals surface area contributed by atoms with Crippen LogP contribution in [0.4, 0.5) is 5.69 Å². The molecule has 2 N–H and O–H groups in total. The van der Waals surface area contributed by atoms with Gasteiger partial charge in [0.2, 0.25) is 11.8 Å². The van der Waals surface area contributed by atoms with E-state index in [-0.39, 0.29) is 30.7 Å². The van der Waals surface area contributed by atoms with Gasteiger partial charge in [0.05, 0.1) is 12.1 Å². The molecule has 3 aliphatic rings. The summed E-state index contributed by atoms with van der Waals surface area (Å²) in [7, 11) is 0. The minimum atomic E-state index is -0.689. The first-order valence-corrected chi connectivity index (χ1v) is 11.3. The van der Waals surface area contributed by atoms with Crippen LogP contribution >= 0.6 is 11.6 Å². The Bertz CT molecular complexity index is 838. The van der Waals surface area contributed by atoms with Gasteiger partial charge in [-0.25, -0.2) is 0 Å². The molecule has 3 heterocycles. The summed E-state index contributed by atoms with van der Waals surface area (Å²) in [6.07, 6.45) is 6.92. The lowest BCUT2D eigenvalue weighted by molar-refractivity contribution is -0.140. The number of likely N-dealkylation sites (tertiary alicyclic amines) is 2. The van der Waals surface area contributed by atoms with Crippen LogP contribution in [0.1, 0.15) is 61.7 Å². The summed E-state index contributed by atoms with van der Waals surface area (Å²) < 4.78 is 0. The summed E-state index contributed by atoms with van der Waals surface area (Å²) >= 11 is 6.02. The van der Waals surface area contributed by atoms with Gasteiger partial charge in [-0.1, -0.05) is 30.9 Å². The fourth-order valence-electron chi connectivity index (χ4n) is 4.62. The van der Waals surface area contributed by atoms with E-state index >= 15 is 0 Å². The minimum absolute atomic E-state index is 0.0295. The van der Waals surface area contributed by atoms with Gasteiger partial charge in [-0.05, 0) is 37.5 Å². The van der Waals surface area contributed by atoms with Crippen LogP contribution in [0.5, 0.6) is 0 Å². The Hall–Kier alpha value is -2.28. The van der Waals surface area contributed by atoms with Crippen molar-refractivity contribution in [3.05, 3.63) is 28.8 Å². The number of rotatable bonds is 2. The largest absolute Gasteiger partial charge is 0.362 e. The van der Waals surface area contributed by atoms with Crippen molar-refractivity contribution in [2.45, 2.75) is 57.0 Å². The van der Waals surface area contributed by atoms with Gasteiger partial charge in [0.1, 0.15) is 5.66 Å². The number of halogens is 1. The molecule has 30 heavy (non-hydrogen) atoms. The molecule has 0 radical (unpaired) electrons. The average Bonchev–Trinajstić information content (AvgIpc) is 2.83. The lowest BCUT2D eigenvalue weighted by atomic mass is 9.95. The molecule has 8 heteroatoms. The fraction of sp³-hybridized carbons (Fsp3) is 0.591. The summed E-state index contributed by atoms with van der Waals surface area (Å²) in [4.78, 5) is 41.8. The molecular formula is C22H29ClN4O3. The van der Waals surface area contributed by atoms with Crippen LogP contribution in [-0.4, -0.2) is 59.4 Å². The van der Waals surface area contributed by atoms with E-state index in [9.17, 15) is 14.4 Å². The lowest BCUT2D eigenvalue weighted by Crippen LogP contribution is -2.58. The van der Waals surface area contributed by atoms with E-state index in [2.05, 4.69) is 10.6 Å². The zero-order valence-electron chi connectivity index (χ0n) is 17.2. The first kappa shape index (κ1) is 21.0. The van der Waals surface area contributed by atoms with Gasteiger partial charge >= 0.3 is 0 Å². The van der Waals surface area contributed by atoms with Crippen LogP contribution in [0, 0.1) is 0 Å². The summed E-state index contributed by atoms with van der Waals surface area (Å²) in [6.45, 7) is 2.10. The van der Waals surface area contributed by atoms with Crippen molar-refractivity contribution in [2.75, 3.05) is 31.5 Å². The molecule has 7 nitrogen and oxygen atoms in total. The molecule has 2 saturated heterocycles. The predicted octanol–water partition coefficient (Wildman–Crippen LogP) is 3.00. The highest BCUT2D eigenvalue weighted by molar-refractivity contribution is 6.31. The number of nitrogens with one attached hydrogen (secondary N) is 2. The Labute approximate surface area is 182 Å². The maximum atomic E-state index is 12.8. The van der Waals surface area contributed by atoms with E-state index in [1.807, 2.05) is 4.90 Å². The van der Waals surface area contributed by atoms with Crippen molar-refractivity contribution in [3.63, 3.8) is 0 Å². The Morgan fingerprint density at radius 1 is 1.00 bits per heavy atom. The molecule has 0 unspecified atom stereocenters. The molecule has 3 aliphatic heterocycles. The van der Waals surface area contributed by atoms with Gasteiger partial charge in [0.25, 0.3) is 5.91 Å². The number of benzene rings is 1. The molecule has 4 rings (SSSR count). The molecule has 1 aromatic carbocycles. The summed E-state index contributed by atoms with van der Waals surface area (Å²) in [5.74, 6) is -0.198. The number of carbonyl (C=O) groups is 3. The van der Waals surface area contributed by atoms with Gasteiger partial charge < -0.3 is 20.4 Å². The van der Waals surface area contributed by atoms with Crippen LogP contribution in [0.15, 0.2) is 18.2 Å². The zero-order valence-corrected chi connectivity index (χ0v) is 18.0. The fourth-order valence-corrected chi connectivity index (χ4v) is 4.79. The monoisotopic (exact) mass is 432 g/mol. The molecule has 0 aromatic heterocycles. The van der Waals surface area contributed by atoms with Crippen molar-refractivity contribution in [3.8, 4) is 0 Å².